The number of para-hydroxylation sites is 1. The zero-order valence-corrected chi connectivity index (χ0v) is 22.4. The van der Waals surface area contributed by atoms with Gasteiger partial charge in [-0.15, -0.1) is 0 Å². The Kier molecular flexibility index (Phi) is 8.10. The van der Waals surface area contributed by atoms with Gasteiger partial charge in [0.1, 0.15) is 11.3 Å². The highest BCUT2D eigenvalue weighted by Gasteiger charge is 2.28. The van der Waals surface area contributed by atoms with E-state index in [4.69, 9.17) is 23.4 Å². The third-order valence-corrected chi connectivity index (χ3v) is 6.70. The predicted molar refractivity (Wildman–Crippen MR) is 149 cm³/mol. The maximum atomic E-state index is 13.2. The predicted octanol–water partition coefficient (Wildman–Crippen LogP) is 4.91. The Bertz CT molecular complexity index is 1580. The van der Waals surface area contributed by atoms with Crippen molar-refractivity contribution in [1.29, 1.82) is 0 Å². The molecular weight excluding hydrogens is 514 g/mol. The van der Waals surface area contributed by atoms with Crippen molar-refractivity contribution >= 4 is 16.9 Å². The van der Waals surface area contributed by atoms with E-state index in [-0.39, 0.29) is 36.0 Å². The van der Waals surface area contributed by atoms with Gasteiger partial charge in [-0.25, -0.2) is 4.79 Å². The second kappa shape index (κ2) is 12.0. The molecule has 9 heteroatoms. The zero-order chi connectivity index (χ0) is 28.1. The third-order valence-electron chi connectivity index (χ3n) is 6.70. The average Bonchev–Trinajstić information content (AvgIpc) is 3.42. The highest BCUT2D eigenvalue weighted by Crippen LogP contribution is 2.40. The summed E-state index contributed by atoms with van der Waals surface area (Å²) in [4.78, 5) is 26.3. The second-order valence-corrected chi connectivity index (χ2v) is 9.26. The molecule has 0 spiro atoms. The van der Waals surface area contributed by atoms with Crippen LogP contribution in [-0.4, -0.2) is 37.6 Å². The summed E-state index contributed by atoms with van der Waals surface area (Å²) in [5.41, 5.74) is 1.17. The molecule has 1 atom stereocenters. The van der Waals surface area contributed by atoms with Crippen molar-refractivity contribution in [3.63, 3.8) is 0 Å². The summed E-state index contributed by atoms with van der Waals surface area (Å²) in [5.74, 6) is 1.14. The lowest BCUT2D eigenvalue weighted by Crippen LogP contribution is -2.28. The number of rotatable bonds is 11. The van der Waals surface area contributed by atoms with E-state index < -0.39 is 11.5 Å². The summed E-state index contributed by atoms with van der Waals surface area (Å²) in [6.07, 6.45) is 0.472. The Morgan fingerprint density at radius 3 is 2.58 bits per heavy atom. The van der Waals surface area contributed by atoms with Gasteiger partial charge < -0.3 is 33.8 Å². The van der Waals surface area contributed by atoms with E-state index >= 15 is 0 Å². The van der Waals surface area contributed by atoms with Crippen LogP contribution >= 0.6 is 0 Å². The molecule has 2 N–H and O–H groups in total. The lowest BCUT2D eigenvalue weighted by molar-refractivity contribution is -0.121. The fourth-order valence-corrected chi connectivity index (χ4v) is 4.83. The Balaban J connectivity index is 1.37. The van der Waals surface area contributed by atoms with E-state index in [1.165, 1.54) is 0 Å². The first-order valence-electron chi connectivity index (χ1n) is 13.3. The van der Waals surface area contributed by atoms with Crippen LogP contribution in [0.5, 0.6) is 28.7 Å². The standard InChI is InChI=1S/C31H31NO8/c1-3-36-24-11-9-19(15-26(24)37-4-2)13-14-32-28(33)17-22(20-10-12-25-27(16-20)39-18-38-25)29-30(34)21-7-5-6-8-23(21)40-31(29)35/h5-12,15-16,22,34H,3-4,13-14,17-18H2,1-2H3,(H,32,33). The Hall–Kier alpha value is -4.66. The SMILES string of the molecule is CCOc1ccc(CCNC(=O)CC(c2ccc3c(c2)OCO3)c2c(O)c3ccccc3oc2=O)cc1OCC. The molecule has 3 aromatic carbocycles. The molecule has 0 fully saturated rings. The normalized spacial score (nSPS) is 12.8. The van der Waals surface area contributed by atoms with Crippen molar-refractivity contribution in [2.24, 2.45) is 0 Å². The van der Waals surface area contributed by atoms with E-state index in [0.29, 0.717) is 60.1 Å². The quantitative estimate of drug-likeness (QED) is 0.256. The number of fused-ring (bicyclic) bond motifs is 2. The molecule has 0 radical (unpaired) electrons. The van der Waals surface area contributed by atoms with E-state index in [1.54, 1.807) is 42.5 Å². The molecule has 4 aromatic rings. The number of carbonyl (C=O) groups excluding carboxylic acids is 1. The number of aromatic hydroxyl groups is 1. The van der Waals surface area contributed by atoms with Gasteiger partial charge in [0, 0.05) is 18.9 Å². The largest absolute Gasteiger partial charge is 0.507 e. The number of nitrogens with one attached hydrogen (secondary N) is 1. The minimum Gasteiger partial charge on any atom is -0.507 e. The molecule has 0 bridgehead atoms. The molecule has 1 aromatic heterocycles. The van der Waals surface area contributed by atoms with E-state index in [2.05, 4.69) is 5.32 Å². The van der Waals surface area contributed by atoms with Crippen LogP contribution in [0.4, 0.5) is 0 Å². The number of amides is 1. The molecule has 1 amide bonds. The van der Waals surface area contributed by atoms with E-state index in [0.717, 1.165) is 5.56 Å². The van der Waals surface area contributed by atoms with E-state index in [9.17, 15) is 14.7 Å². The number of hydrogen-bond acceptors (Lipinski definition) is 8. The van der Waals surface area contributed by atoms with Crippen LogP contribution in [0.15, 0.2) is 69.9 Å². The van der Waals surface area contributed by atoms with Crippen LogP contribution in [0.25, 0.3) is 11.0 Å². The van der Waals surface area contributed by atoms with Gasteiger partial charge in [0.2, 0.25) is 12.7 Å². The molecule has 0 aliphatic carbocycles. The van der Waals surface area contributed by atoms with Crippen molar-refractivity contribution in [1.82, 2.24) is 5.32 Å². The van der Waals surface area contributed by atoms with Gasteiger partial charge in [-0.3, -0.25) is 4.79 Å². The van der Waals surface area contributed by atoms with Gasteiger partial charge in [-0.2, -0.15) is 0 Å². The molecule has 5 rings (SSSR count). The van der Waals surface area contributed by atoms with Crippen molar-refractivity contribution in [3.05, 3.63) is 87.8 Å². The molecule has 1 aliphatic heterocycles. The topological polar surface area (TPSA) is 116 Å². The Morgan fingerprint density at radius 1 is 0.975 bits per heavy atom. The average molecular weight is 546 g/mol. The number of carbonyl (C=O) groups is 1. The van der Waals surface area contributed by atoms with Crippen LogP contribution in [-0.2, 0) is 11.2 Å². The molecule has 0 saturated heterocycles. The summed E-state index contributed by atoms with van der Waals surface area (Å²) >= 11 is 0. The first kappa shape index (κ1) is 26.9. The molecule has 9 nitrogen and oxygen atoms in total. The summed E-state index contributed by atoms with van der Waals surface area (Å²) in [6, 6.07) is 17.7. The summed E-state index contributed by atoms with van der Waals surface area (Å²) in [5, 5.41) is 14.5. The number of hydrogen-bond donors (Lipinski definition) is 2. The maximum absolute atomic E-state index is 13.2. The van der Waals surface area contributed by atoms with E-state index in [1.807, 2.05) is 32.0 Å². The van der Waals surface area contributed by atoms with Gasteiger partial charge in [-0.1, -0.05) is 24.3 Å². The molecule has 208 valence electrons. The maximum Gasteiger partial charge on any atom is 0.343 e. The van der Waals surface area contributed by atoms with Gasteiger partial charge in [0.05, 0.1) is 24.2 Å². The first-order valence-corrected chi connectivity index (χ1v) is 13.3. The fraction of sp³-hybridized carbons (Fsp3) is 0.290. The molecule has 1 unspecified atom stereocenters. The summed E-state index contributed by atoms with van der Waals surface area (Å²) < 4.78 is 27.8. The molecular formula is C31H31NO8. The number of ether oxygens (including phenoxy) is 4. The minimum atomic E-state index is -0.787. The van der Waals surface area contributed by atoms with Gasteiger partial charge >= 0.3 is 5.63 Å². The fourth-order valence-electron chi connectivity index (χ4n) is 4.83. The zero-order valence-electron chi connectivity index (χ0n) is 22.4. The molecule has 1 aliphatic rings. The van der Waals surface area contributed by atoms with Crippen LogP contribution in [0.2, 0.25) is 0 Å². The number of benzene rings is 3. The molecule has 40 heavy (non-hydrogen) atoms. The monoisotopic (exact) mass is 545 g/mol. The minimum absolute atomic E-state index is 0.0144. The second-order valence-electron chi connectivity index (χ2n) is 9.26. The van der Waals surface area contributed by atoms with Gasteiger partial charge in [-0.05, 0) is 67.8 Å². The molecule has 2 heterocycles. The lowest BCUT2D eigenvalue weighted by Gasteiger charge is -2.19. The molecule has 0 saturated carbocycles. The van der Waals surface area contributed by atoms with Crippen LogP contribution in [0.1, 0.15) is 42.9 Å². The van der Waals surface area contributed by atoms with Crippen molar-refractivity contribution < 1.29 is 33.3 Å². The van der Waals surface area contributed by atoms with Crippen LogP contribution in [0.3, 0.4) is 0 Å². The van der Waals surface area contributed by atoms with Crippen LogP contribution < -0.4 is 29.9 Å². The Labute approximate surface area is 231 Å². The smallest absolute Gasteiger partial charge is 0.343 e. The van der Waals surface area contributed by atoms with Gasteiger partial charge in [0.15, 0.2) is 23.0 Å². The Morgan fingerprint density at radius 2 is 1.75 bits per heavy atom. The summed E-state index contributed by atoms with van der Waals surface area (Å²) in [6.45, 7) is 5.32. The van der Waals surface area contributed by atoms with Crippen molar-refractivity contribution in [3.8, 4) is 28.7 Å². The first-order chi connectivity index (χ1) is 19.5. The summed E-state index contributed by atoms with van der Waals surface area (Å²) in [7, 11) is 0. The van der Waals surface area contributed by atoms with Crippen molar-refractivity contribution in [2.45, 2.75) is 32.6 Å². The van der Waals surface area contributed by atoms with Crippen LogP contribution in [0, 0.1) is 0 Å². The van der Waals surface area contributed by atoms with Crippen molar-refractivity contribution in [2.75, 3.05) is 26.6 Å². The third kappa shape index (κ3) is 5.68. The lowest BCUT2D eigenvalue weighted by atomic mass is 9.87. The highest BCUT2D eigenvalue weighted by molar-refractivity contribution is 5.85. The highest BCUT2D eigenvalue weighted by atomic mass is 16.7. The van der Waals surface area contributed by atoms with Gasteiger partial charge in [0.25, 0.3) is 0 Å².